The largest absolute Gasteiger partial charge is 0.507 e. The SMILES string of the molecule is Oc1c(C2CCCCC2)cc(CC2CCCCC2)cc1C1CCCCC1. The van der Waals surface area contributed by atoms with Crippen molar-refractivity contribution in [3.63, 3.8) is 0 Å². The summed E-state index contributed by atoms with van der Waals surface area (Å²) in [6.07, 6.45) is 21.6. The van der Waals surface area contributed by atoms with Gasteiger partial charge >= 0.3 is 0 Å². The van der Waals surface area contributed by atoms with Gasteiger partial charge in [0.05, 0.1) is 0 Å². The number of rotatable bonds is 4. The normalized spacial score (nSPS) is 24.0. The molecule has 1 aromatic carbocycles. The molecule has 26 heavy (non-hydrogen) atoms. The smallest absolute Gasteiger partial charge is 0.122 e. The fourth-order valence-corrected chi connectivity index (χ4v) is 6.04. The minimum absolute atomic E-state index is 0.609. The van der Waals surface area contributed by atoms with Crippen LogP contribution in [0.25, 0.3) is 0 Å². The second-order valence-electron chi connectivity index (χ2n) is 9.50. The molecule has 1 nitrogen and oxygen atoms in total. The molecule has 0 radical (unpaired) electrons. The lowest BCUT2D eigenvalue weighted by Crippen LogP contribution is -2.13. The highest BCUT2D eigenvalue weighted by Crippen LogP contribution is 2.45. The Bertz CT molecular complexity index is 533. The minimum atomic E-state index is 0.609. The fourth-order valence-electron chi connectivity index (χ4n) is 6.04. The van der Waals surface area contributed by atoms with Crippen LogP contribution in [0, 0.1) is 5.92 Å². The van der Waals surface area contributed by atoms with Crippen LogP contribution in [0.1, 0.15) is 125 Å². The average molecular weight is 355 g/mol. The zero-order valence-corrected chi connectivity index (χ0v) is 16.6. The molecule has 0 spiro atoms. The van der Waals surface area contributed by atoms with Crippen molar-refractivity contribution in [2.24, 2.45) is 5.92 Å². The van der Waals surface area contributed by atoms with Gasteiger partial charge in [0.1, 0.15) is 5.75 Å². The van der Waals surface area contributed by atoms with Crippen molar-refractivity contribution in [3.05, 3.63) is 28.8 Å². The van der Waals surface area contributed by atoms with Gasteiger partial charge in [0.25, 0.3) is 0 Å². The molecule has 0 saturated heterocycles. The summed E-state index contributed by atoms with van der Waals surface area (Å²) >= 11 is 0. The van der Waals surface area contributed by atoms with E-state index >= 15 is 0 Å². The first-order valence-electron chi connectivity index (χ1n) is 11.7. The van der Waals surface area contributed by atoms with Gasteiger partial charge in [-0.2, -0.15) is 0 Å². The van der Waals surface area contributed by atoms with E-state index in [9.17, 15) is 5.11 Å². The van der Waals surface area contributed by atoms with Crippen molar-refractivity contribution < 1.29 is 5.11 Å². The number of phenolic OH excluding ortho intramolecular Hbond substituents is 1. The Kier molecular flexibility index (Phi) is 6.23. The highest BCUT2D eigenvalue weighted by Gasteiger charge is 2.26. The third-order valence-corrected chi connectivity index (χ3v) is 7.57. The van der Waals surface area contributed by atoms with Gasteiger partial charge in [-0.05, 0) is 66.5 Å². The van der Waals surface area contributed by atoms with Crippen LogP contribution in [0.4, 0.5) is 0 Å². The van der Waals surface area contributed by atoms with E-state index in [-0.39, 0.29) is 0 Å². The summed E-state index contributed by atoms with van der Waals surface area (Å²) in [5, 5.41) is 11.2. The summed E-state index contributed by atoms with van der Waals surface area (Å²) in [5.74, 6) is 2.79. The molecule has 3 aliphatic rings. The summed E-state index contributed by atoms with van der Waals surface area (Å²) in [6, 6.07) is 4.85. The third-order valence-electron chi connectivity index (χ3n) is 7.57. The van der Waals surface area contributed by atoms with Crippen molar-refractivity contribution in [3.8, 4) is 5.75 Å². The van der Waals surface area contributed by atoms with Gasteiger partial charge in [0.2, 0.25) is 0 Å². The molecule has 1 heteroatoms. The second kappa shape index (κ2) is 8.81. The Morgan fingerprint density at radius 3 is 1.50 bits per heavy atom. The first-order valence-corrected chi connectivity index (χ1v) is 11.7. The topological polar surface area (TPSA) is 20.2 Å². The molecule has 3 fully saturated rings. The van der Waals surface area contributed by atoms with Crippen molar-refractivity contribution >= 4 is 0 Å². The maximum Gasteiger partial charge on any atom is 0.122 e. The van der Waals surface area contributed by atoms with E-state index in [1.807, 2.05) is 0 Å². The fraction of sp³-hybridized carbons (Fsp3) is 0.760. The van der Waals surface area contributed by atoms with Crippen LogP contribution in [0.3, 0.4) is 0 Å². The van der Waals surface area contributed by atoms with Gasteiger partial charge in [-0.1, -0.05) is 82.8 Å². The summed E-state index contributed by atoms with van der Waals surface area (Å²) in [4.78, 5) is 0. The van der Waals surface area contributed by atoms with Crippen LogP contribution in [-0.2, 0) is 6.42 Å². The molecule has 0 aromatic heterocycles. The molecule has 0 atom stereocenters. The van der Waals surface area contributed by atoms with Gasteiger partial charge in [0.15, 0.2) is 0 Å². The van der Waals surface area contributed by atoms with E-state index in [0.717, 1.165) is 5.92 Å². The van der Waals surface area contributed by atoms with Crippen LogP contribution < -0.4 is 0 Å². The average Bonchev–Trinajstić information content (AvgIpc) is 2.71. The molecule has 0 heterocycles. The molecule has 1 aromatic rings. The van der Waals surface area contributed by atoms with Gasteiger partial charge in [-0.25, -0.2) is 0 Å². The van der Waals surface area contributed by atoms with Crippen LogP contribution in [0.5, 0.6) is 5.75 Å². The summed E-state index contributed by atoms with van der Waals surface area (Å²) in [7, 11) is 0. The Labute approximate surface area is 160 Å². The highest BCUT2D eigenvalue weighted by molar-refractivity contribution is 5.48. The molecular weight excluding hydrogens is 316 g/mol. The number of phenols is 1. The quantitative estimate of drug-likeness (QED) is 0.590. The van der Waals surface area contributed by atoms with E-state index in [1.54, 1.807) is 0 Å². The standard InChI is InChI=1S/C25H38O/c26-25-23(21-12-6-2-7-13-21)17-20(16-19-10-4-1-5-11-19)18-24(25)22-14-8-3-9-15-22/h17-19,21-22,26H,1-16H2. The van der Waals surface area contributed by atoms with E-state index in [1.165, 1.54) is 119 Å². The lowest BCUT2D eigenvalue weighted by molar-refractivity contribution is 0.355. The molecule has 0 bridgehead atoms. The first kappa shape index (κ1) is 18.4. The van der Waals surface area contributed by atoms with E-state index in [2.05, 4.69) is 12.1 Å². The number of benzene rings is 1. The number of aromatic hydroxyl groups is 1. The van der Waals surface area contributed by atoms with Crippen molar-refractivity contribution in [2.75, 3.05) is 0 Å². The van der Waals surface area contributed by atoms with Crippen LogP contribution in [0.2, 0.25) is 0 Å². The van der Waals surface area contributed by atoms with Crippen molar-refractivity contribution in [1.82, 2.24) is 0 Å². The Morgan fingerprint density at radius 2 is 1.04 bits per heavy atom. The maximum atomic E-state index is 11.2. The van der Waals surface area contributed by atoms with Gasteiger partial charge in [-0.3, -0.25) is 0 Å². The van der Waals surface area contributed by atoms with Gasteiger partial charge in [0, 0.05) is 0 Å². The second-order valence-corrected chi connectivity index (χ2v) is 9.50. The van der Waals surface area contributed by atoms with Crippen molar-refractivity contribution in [2.45, 2.75) is 115 Å². The van der Waals surface area contributed by atoms with E-state index < -0.39 is 0 Å². The van der Waals surface area contributed by atoms with Gasteiger partial charge in [-0.15, -0.1) is 0 Å². The Morgan fingerprint density at radius 1 is 0.615 bits per heavy atom. The van der Waals surface area contributed by atoms with Crippen LogP contribution in [-0.4, -0.2) is 5.11 Å². The lowest BCUT2D eigenvalue weighted by atomic mass is 9.77. The molecule has 3 saturated carbocycles. The molecule has 0 unspecified atom stereocenters. The maximum absolute atomic E-state index is 11.2. The molecule has 0 aliphatic heterocycles. The minimum Gasteiger partial charge on any atom is -0.507 e. The number of hydrogen-bond acceptors (Lipinski definition) is 1. The molecule has 144 valence electrons. The zero-order valence-electron chi connectivity index (χ0n) is 16.6. The predicted octanol–water partition coefficient (Wildman–Crippen LogP) is 7.61. The molecule has 4 rings (SSSR count). The predicted molar refractivity (Wildman–Crippen MR) is 110 cm³/mol. The van der Waals surface area contributed by atoms with Crippen LogP contribution in [0.15, 0.2) is 12.1 Å². The highest BCUT2D eigenvalue weighted by atomic mass is 16.3. The summed E-state index contributed by atoms with van der Waals surface area (Å²) in [6.45, 7) is 0. The number of hydrogen-bond donors (Lipinski definition) is 1. The third kappa shape index (κ3) is 4.29. The Hall–Kier alpha value is -0.980. The molecule has 1 N–H and O–H groups in total. The molecular formula is C25H38O. The van der Waals surface area contributed by atoms with Crippen molar-refractivity contribution in [1.29, 1.82) is 0 Å². The lowest BCUT2D eigenvalue weighted by Gasteiger charge is -2.29. The first-order chi connectivity index (χ1) is 12.8. The Balaban J connectivity index is 1.63. The monoisotopic (exact) mass is 354 g/mol. The van der Waals surface area contributed by atoms with E-state index in [4.69, 9.17) is 0 Å². The van der Waals surface area contributed by atoms with Crippen LogP contribution >= 0.6 is 0 Å². The van der Waals surface area contributed by atoms with E-state index in [0.29, 0.717) is 17.6 Å². The zero-order chi connectivity index (χ0) is 17.8. The molecule has 3 aliphatic carbocycles. The molecule has 0 amide bonds. The summed E-state index contributed by atoms with van der Waals surface area (Å²) in [5.41, 5.74) is 4.17. The summed E-state index contributed by atoms with van der Waals surface area (Å²) < 4.78 is 0. The van der Waals surface area contributed by atoms with Gasteiger partial charge < -0.3 is 5.11 Å².